The molecule has 2 heterocycles. The van der Waals surface area contributed by atoms with Gasteiger partial charge in [0.05, 0.1) is 6.61 Å². The number of nitrogens with zero attached hydrogens (tertiary/aromatic N) is 2. The molecule has 0 atom stereocenters. The van der Waals surface area contributed by atoms with Gasteiger partial charge >= 0.3 is 5.97 Å². The Kier molecular flexibility index (Phi) is 5.65. The molecule has 0 N–H and O–H groups in total. The highest BCUT2D eigenvalue weighted by molar-refractivity contribution is 9.10. The van der Waals surface area contributed by atoms with Gasteiger partial charge in [-0.1, -0.05) is 30.3 Å². The van der Waals surface area contributed by atoms with Crippen molar-refractivity contribution in [2.75, 3.05) is 24.7 Å². The monoisotopic (exact) mass is 404 g/mol. The maximum absolute atomic E-state index is 12.1. The number of aromatic nitrogens is 1. The number of carbonyl (C=O) groups excluding carboxylic acids is 2. The van der Waals surface area contributed by atoms with E-state index in [2.05, 4.69) is 20.9 Å². The van der Waals surface area contributed by atoms with E-state index in [-0.39, 0.29) is 19.1 Å². The van der Waals surface area contributed by atoms with E-state index in [4.69, 9.17) is 9.47 Å². The Hall–Kier alpha value is -2.41. The summed E-state index contributed by atoms with van der Waals surface area (Å²) >= 11 is 3.26. The van der Waals surface area contributed by atoms with Crippen molar-refractivity contribution in [3.8, 4) is 5.75 Å². The zero-order chi connectivity index (χ0) is 17.6. The van der Waals surface area contributed by atoms with Crippen LogP contribution in [0.25, 0.3) is 0 Å². The van der Waals surface area contributed by atoms with E-state index in [9.17, 15) is 9.59 Å². The van der Waals surface area contributed by atoms with Crippen molar-refractivity contribution in [2.24, 2.45) is 0 Å². The maximum Gasteiger partial charge on any atom is 0.326 e. The van der Waals surface area contributed by atoms with Crippen LogP contribution < -0.4 is 9.64 Å². The van der Waals surface area contributed by atoms with Crippen molar-refractivity contribution in [1.29, 1.82) is 0 Å². The normalized spacial score (nSPS) is 13.2. The summed E-state index contributed by atoms with van der Waals surface area (Å²) in [6, 6.07) is 13.4. The smallest absolute Gasteiger partial charge is 0.326 e. The van der Waals surface area contributed by atoms with Crippen LogP contribution in [0.15, 0.2) is 47.1 Å². The van der Waals surface area contributed by atoms with Crippen molar-refractivity contribution in [2.45, 2.75) is 12.8 Å². The van der Waals surface area contributed by atoms with Gasteiger partial charge in [-0.25, -0.2) is 4.98 Å². The first-order valence-electron chi connectivity index (χ1n) is 7.93. The molecule has 25 heavy (non-hydrogen) atoms. The van der Waals surface area contributed by atoms with Crippen LogP contribution in [0, 0.1) is 0 Å². The number of esters is 1. The zero-order valence-electron chi connectivity index (χ0n) is 13.5. The molecule has 0 saturated carbocycles. The first kappa shape index (κ1) is 17.4. The molecule has 1 amide bonds. The predicted octanol–water partition coefficient (Wildman–Crippen LogP) is 2.75. The topological polar surface area (TPSA) is 68.7 Å². The van der Waals surface area contributed by atoms with Crippen LogP contribution in [0.3, 0.4) is 0 Å². The molecule has 1 aliphatic rings. The molecular weight excluding hydrogens is 388 g/mol. The Labute approximate surface area is 153 Å². The molecule has 7 heteroatoms. The number of rotatable bonds is 6. The van der Waals surface area contributed by atoms with Gasteiger partial charge in [0.15, 0.2) is 18.2 Å². The van der Waals surface area contributed by atoms with Crippen LogP contribution in [0.4, 0.5) is 5.82 Å². The van der Waals surface area contributed by atoms with Crippen LogP contribution in [-0.2, 0) is 20.7 Å². The molecule has 130 valence electrons. The summed E-state index contributed by atoms with van der Waals surface area (Å²) in [5.41, 5.74) is 1.20. The highest BCUT2D eigenvalue weighted by Crippen LogP contribution is 2.31. The van der Waals surface area contributed by atoms with Gasteiger partial charge in [-0.05, 0) is 46.5 Å². The van der Waals surface area contributed by atoms with Gasteiger partial charge in [0.2, 0.25) is 0 Å². The average Bonchev–Trinajstić information content (AvgIpc) is 2.62. The second-order valence-electron chi connectivity index (χ2n) is 5.53. The molecular formula is C18H17BrN2O4. The highest BCUT2D eigenvalue weighted by atomic mass is 79.9. The lowest BCUT2D eigenvalue weighted by Gasteiger charge is -2.27. The highest BCUT2D eigenvalue weighted by Gasteiger charge is 2.29. The summed E-state index contributed by atoms with van der Waals surface area (Å²) in [4.78, 5) is 29.6. The van der Waals surface area contributed by atoms with Gasteiger partial charge in [-0.2, -0.15) is 0 Å². The van der Waals surface area contributed by atoms with Crippen LogP contribution in [0.5, 0.6) is 5.75 Å². The van der Waals surface area contributed by atoms with Crippen LogP contribution in [0.1, 0.15) is 12.0 Å². The molecule has 0 fully saturated rings. The molecule has 0 aliphatic carbocycles. The van der Waals surface area contributed by atoms with Gasteiger partial charge in [0, 0.05) is 0 Å². The quantitative estimate of drug-likeness (QED) is 0.420. The van der Waals surface area contributed by atoms with Gasteiger partial charge in [-0.15, -0.1) is 0 Å². The maximum atomic E-state index is 12.1. The van der Waals surface area contributed by atoms with E-state index in [1.165, 1.54) is 10.5 Å². The van der Waals surface area contributed by atoms with Crippen molar-refractivity contribution in [3.63, 3.8) is 0 Å². The second kappa shape index (κ2) is 8.11. The number of hydrogen-bond acceptors (Lipinski definition) is 5. The van der Waals surface area contributed by atoms with Gasteiger partial charge in [0.1, 0.15) is 11.1 Å². The molecule has 0 saturated heterocycles. The lowest BCUT2D eigenvalue weighted by Crippen LogP contribution is -2.43. The minimum atomic E-state index is -0.462. The minimum absolute atomic E-state index is 0.113. The number of halogens is 1. The second-order valence-corrected chi connectivity index (χ2v) is 6.35. The van der Waals surface area contributed by atoms with Crippen molar-refractivity contribution in [1.82, 2.24) is 4.98 Å². The number of carbonyl (C=O) groups is 2. The third kappa shape index (κ3) is 4.57. The van der Waals surface area contributed by atoms with E-state index in [1.807, 2.05) is 30.3 Å². The standard InChI is InChI=1S/C18H17BrN2O4/c19-15-9-8-14-18(20-15)21(16(22)12-25-14)11-17(23)24-10-4-7-13-5-2-1-3-6-13/h1-3,5-6,8-9H,4,7,10-12H2. The molecule has 3 rings (SSSR count). The van der Waals surface area contributed by atoms with E-state index in [1.54, 1.807) is 12.1 Å². The van der Waals surface area contributed by atoms with E-state index < -0.39 is 5.97 Å². The summed E-state index contributed by atoms with van der Waals surface area (Å²) in [6.07, 6.45) is 1.56. The third-order valence-electron chi connectivity index (χ3n) is 3.72. The van der Waals surface area contributed by atoms with Crippen molar-refractivity contribution >= 4 is 33.6 Å². The molecule has 1 aliphatic heterocycles. The molecule has 6 nitrogen and oxygen atoms in total. The first-order chi connectivity index (χ1) is 12.1. The van der Waals surface area contributed by atoms with Crippen LogP contribution >= 0.6 is 15.9 Å². The Morgan fingerprint density at radius 3 is 2.84 bits per heavy atom. The van der Waals surface area contributed by atoms with Crippen LogP contribution in [0.2, 0.25) is 0 Å². The molecule has 1 aromatic carbocycles. The van der Waals surface area contributed by atoms with Gasteiger partial charge in [-0.3, -0.25) is 14.5 Å². The Balaban J connectivity index is 1.52. The molecule has 0 unspecified atom stereocenters. The van der Waals surface area contributed by atoms with Crippen molar-refractivity contribution < 1.29 is 19.1 Å². The molecule has 2 aromatic rings. The zero-order valence-corrected chi connectivity index (χ0v) is 15.1. The van der Waals surface area contributed by atoms with Gasteiger partial charge in [0.25, 0.3) is 5.91 Å². The fourth-order valence-electron chi connectivity index (χ4n) is 2.50. The number of anilines is 1. The molecule has 0 spiro atoms. The molecule has 1 aromatic heterocycles. The summed E-state index contributed by atoms with van der Waals surface area (Å²) in [5, 5.41) is 0. The molecule has 0 radical (unpaired) electrons. The van der Waals surface area contributed by atoms with E-state index in [0.29, 0.717) is 22.8 Å². The lowest BCUT2D eigenvalue weighted by molar-refractivity contribution is -0.143. The summed E-state index contributed by atoms with van der Waals surface area (Å²) in [6.45, 7) is 0.0204. The number of fused-ring (bicyclic) bond motifs is 1. The Morgan fingerprint density at radius 2 is 2.04 bits per heavy atom. The average molecular weight is 405 g/mol. The number of amides is 1. The van der Waals surface area contributed by atoms with E-state index in [0.717, 1.165) is 12.8 Å². The van der Waals surface area contributed by atoms with E-state index >= 15 is 0 Å². The summed E-state index contributed by atoms with van der Waals surface area (Å²) in [5.74, 6) is 0.0157. The Bertz CT molecular complexity index is 767. The predicted molar refractivity (Wildman–Crippen MR) is 95.5 cm³/mol. The Morgan fingerprint density at radius 1 is 1.24 bits per heavy atom. The van der Waals surface area contributed by atoms with Crippen molar-refractivity contribution in [3.05, 3.63) is 52.6 Å². The lowest BCUT2D eigenvalue weighted by atomic mass is 10.1. The number of aryl methyl sites for hydroxylation is 1. The number of hydrogen-bond donors (Lipinski definition) is 0. The SMILES string of the molecule is O=C(CN1C(=O)COc2ccc(Br)nc21)OCCCc1ccccc1. The number of benzene rings is 1. The minimum Gasteiger partial charge on any atom is -0.480 e. The third-order valence-corrected chi connectivity index (χ3v) is 4.16. The molecule has 0 bridgehead atoms. The fourth-order valence-corrected chi connectivity index (χ4v) is 2.80. The van der Waals surface area contributed by atoms with Crippen LogP contribution in [-0.4, -0.2) is 36.6 Å². The van der Waals surface area contributed by atoms with Gasteiger partial charge < -0.3 is 9.47 Å². The summed E-state index contributed by atoms with van der Waals surface area (Å²) in [7, 11) is 0. The number of ether oxygens (including phenoxy) is 2. The summed E-state index contributed by atoms with van der Waals surface area (Å²) < 4.78 is 11.1. The largest absolute Gasteiger partial charge is 0.480 e. The fraction of sp³-hybridized carbons (Fsp3) is 0.278. The first-order valence-corrected chi connectivity index (χ1v) is 8.72. The number of pyridine rings is 1.